The van der Waals surface area contributed by atoms with E-state index in [1.54, 1.807) is 7.14 Å². The Balaban J connectivity index is 1.94. The summed E-state index contributed by atoms with van der Waals surface area (Å²) in [5.41, 5.74) is 0. The van der Waals surface area contributed by atoms with Crippen molar-refractivity contribution in [2.45, 2.75) is 0 Å². The quantitative estimate of drug-likeness (QED) is 0.263. The Bertz CT molecular complexity index is 872. The molecule has 0 radical (unpaired) electrons. The van der Waals surface area contributed by atoms with E-state index in [9.17, 15) is 0 Å². The molecule has 0 nitrogen and oxygen atoms in total. The summed E-state index contributed by atoms with van der Waals surface area (Å²) in [6, 6.07) is 31.3. The van der Waals surface area contributed by atoms with Gasteiger partial charge < -0.3 is 0 Å². The average molecular weight is 505 g/mol. The second kappa shape index (κ2) is 6.21. The number of halogens is 1. The fourth-order valence-electron chi connectivity index (χ4n) is 2.84. The van der Waals surface area contributed by atoms with Crippen LogP contribution < -0.4 is 0 Å². The fraction of sp³-hybridized carbons (Fsp3) is 0. The molecular formula is C20H16ISb. The first kappa shape index (κ1) is 14.5. The van der Waals surface area contributed by atoms with E-state index in [2.05, 4.69) is 84.9 Å². The van der Waals surface area contributed by atoms with Crippen LogP contribution in [0.3, 0.4) is 0 Å². The Morgan fingerprint density at radius 1 is 0.500 bits per heavy atom. The molecule has 0 aliphatic rings. The zero-order chi connectivity index (χ0) is 14.9. The molecule has 0 aromatic heterocycles. The molecule has 4 aromatic carbocycles. The predicted octanol–water partition coefficient (Wildman–Crippen LogP) is 5.09. The topological polar surface area (TPSA) is 0 Å². The predicted molar refractivity (Wildman–Crippen MR) is 108 cm³/mol. The second-order valence-corrected chi connectivity index (χ2v) is 17.7. The van der Waals surface area contributed by atoms with Crippen LogP contribution in [0, 0.1) is 7.14 Å². The van der Waals surface area contributed by atoms with Crippen LogP contribution >= 0.6 is 15.7 Å². The molecule has 0 heterocycles. The van der Waals surface area contributed by atoms with Crippen molar-refractivity contribution in [3.63, 3.8) is 0 Å². The molecule has 0 amide bonds. The van der Waals surface area contributed by atoms with Crippen LogP contribution in [0.5, 0.6) is 0 Å². The molecule has 0 atom stereocenters. The minimum atomic E-state index is -1.29. The number of rotatable bonds is 2. The van der Waals surface area contributed by atoms with E-state index < -0.39 is 15.7 Å². The third kappa shape index (κ3) is 2.55. The maximum atomic E-state index is 2.36. The van der Waals surface area contributed by atoms with Crippen LogP contribution in [-0.4, -0.2) is 19.0 Å². The summed E-state index contributed by atoms with van der Waals surface area (Å²) in [5, 5.41) is 5.65. The van der Waals surface area contributed by atoms with Gasteiger partial charge in [0.15, 0.2) is 0 Å². The molecular weight excluding hydrogens is 489 g/mol. The molecule has 0 aliphatic carbocycles. The molecule has 0 unspecified atom stereocenters. The van der Waals surface area contributed by atoms with Crippen molar-refractivity contribution in [1.82, 2.24) is 0 Å². The van der Waals surface area contributed by atoms with Gasteiger partial charge in [0, 0.05) is 0 Å². The Morgan fingerprint density at radius 3 is 1.41 bits per heavy atom. The Hall–Kier alpha value is -1.05. The van der Waals surface area contributed by atoms with E-state index >= 15 is 0 Å². The van der Waals surface area contributed by atoms with Crippen LogP contribution in [0.15, 0.2) is 84.9 Å². The van der Waals surface area contributed by atoms with Gasteiger partial charge in [-0.15, -0.1) is 0 Å². The molecule has 0 fully saturated rings. The Kier molecular flexibility index (Phi) is 4.11. The summed E-state index contributed by atoms with van der Waals surface area (Å²) in [6.45, 7) is 0. The van der Waals surface area contributed by atoms with Crippen molar-refractivity contribution in [1.29, 1.82) is 0 Å². The summed E-state index contributed by atoms with van der Waals surface area (Å²) >= 11 is 0.0445. The monoisotopic (exact) mass is 504 g/mol. The van der Waals surface area contributed by atoms with Gasteiger partial charge in [0.2, 0.25) is 0 Å². The van der Waals surface area contributed by atoms with Gasteiger partial charge in [0.05, 0.1) is 0 Å². The third-order valence-corrected chi connectivity index (χ3v) is 17.3. The molecule has 0 bridgehead atoms. The van der Waals surface area contributed by atoms with E-state index in [0.717, 1.165) is 0 Å². The molecule has 4 aromatic rings. The summed E-state index contributed by atoms with van der Waals surface area (Å²) in [7, 11) is 0. The van der Waals surface area contributed by atoms with Gasteiger partial charge in [0.25, 0.3) is 0 Å². The number of benzene rings is 4. The first-order chi connectivity index (χ1) is 10.8. The molecule has 0 spiro atoms. The van der Waals surface area contributed by atoms with Crippen molar-refractivity contribution in [2.24, 2.45) is 0 Å². The van der Waals surface area contributed by atoms with Crippen LogP contribution in [0.2, 0.25) is 0 Å². The number of hydrogen-bond donors (Lipinski definition) is 0. The van der Waals surface area contributed by atoms with Gasteiger partial charge >= 0.3 is 148 Å². The fourth-order valence-corrected chi connectivity index (χ4v) is 14.2. The zero-order valence-electron chi connectivity index (χ0n) is 12.0. The first-order valence-electron chi connectivity index (χ1n) is 7.24. The van der Waals surface area contributed by atoms with Crippen molar-refractivity contribution in [3.05, 3.63) is 92.1 Å². The summed E-state index contributed by atoms with van der Waals surface area (Å²) < 4.78 is 3.22. The van der Waals surface area contributed by atoms with Gasteiger partial charge in [0.1, 0.15) is 0 Å². The van der Waals surface area contributed by atoms with Gasteiger partial charge in [-0.3, -0.25) is 0 Å². The molecule has 0 aliphatic heterocycles. The van der Waals surface area contributed by atoms with Gasteiger partial charge in [-0.05, 0) is 0 Å². The van der Waals surface area contributed by atoms with Crippen LogP contribution in [0.1, 0.15) is 0 Å². The van der Waals surface area contributed by atoms with E-state index in [4.69, 9.17) is 0 Å². The van der Waals surface area contributed by atoms with E-state index in [0.29, 0.717) is 0 Å². The summed E-state index contributed by atoms with van der Waals surface area (Å²) in [6.07, 6.45) is 0. The summed E-state index contributed by atoms with van der Waals surface area (Å²) in [4.78, 5) is 0. The normalized spacial score (nSPS) is 11.8. The van der Waals surface area contributed by atoms with Gasteiger partial charge in [-0.1, -0.05) is 0 Å². The molecule has 4 rings (SSSR count). The average Bonchev–Trinajstić information content (AvgIpc) is 2.60. The SMILES string of the molecule is [SbH2][I](c1cccc2ccccc12)c1cccc2ccccc12. The molecule has 0 N–H and O–H groups in total. The first-order valence-corrected chi connectivity index (χ1v) is 19.0. The van der Waals surface area contributed by atoms with Crippen LogP contribution in [-0.2, 0) is 0 Å². The number of fused-ring (bicyclic) bond motifs is 2. The molecule has 0 saturated heterocycles. The minimum absolute atomic E-state index is 1.29. The molecule has 108 valence electrons. The Morgan fingerprint density at radius 2 is 0.909 bits per heavy atom. The Labute approximate surface area is 147 Å². The van der Waals surface area contributed by atoms with Crippen molar-refractivity contribution in [2.75, 3.05) is 0 Å². The molecule has 0 saturated carbocycles. The molecule has 22 heavy (non-hydrogen) atoms. The van der Waals surface area contributed by atoms with Crippen molar-refractivity contribution in [3.8, 4) is 0 Å². The zero-order valence-corrected chi connectivity index (χ0v) is 17.5. The van der Waals surface area contributed by atoms with E-state index in [-0.39, 0.29) is 0 Å². The number of hydrogen-bond acceptors (Lipinski definition) is 0. The van der Waals surface area contributed by atoms with E-state index in [1.807, 2.05) is 0 Å². The van der Waals surface area contributed by atoms with Crippen LogP contribution in [0.4, 0.5) is 0 Å². The van der Waals surface area contributed by atoms with E-state index in [1.165, 1.54) is 40.5 Å². The van der Waals surface area contributed by atoms with Crippen molar-refractivity contribution >= 4 is 56.3 Å². The van der Waals surface area contributed by atoms with Crippen LogP contribution in [0.25, 0.3) is 21.5 Å². The standard InChI is InChI=1S/C20H14I.Sb.2H/c1-3-11-17-15(7-1)9-5-13-19(17)21-20-14-6-10-16-8-2-4-12-18(16)20;;;/h1-14H;;;/q+1;-1;;. The third-order valence-electron chi connectivity index (χ3n) is 3.91. The maximum absolute atomic E-state index is 2.36. The second-order valence-electron chi connectivity index (χ2n) is 5.23. The van der Waals surface area contributed by atoms with Gasteiger partial charge in [-0.2, -0.15) is 0 Å². The van der Waals surface area contributed by atoms with Gasteiger partial charge in [-0.25, -0.2) is 0 Å². The van der Waals surface area contributed by atoms with Crippen molar-refractivity contribution < 1.29 is 0 Å². The molecule has 2 heteroatoms. The summed E-state index contributed by atoms with van der Waals surface area (Å²) in [5.74, 6) is 0.